The lowest BCUT2D eigenvalue weighted by molar-refractivity contribution is -0.126. The van der Waals surface area contributed by atoms with E-state index in [1.165, 1.54) is 0 Å². The molecule has 4 amide bonds. The van der Waals surface area contributed by atoms with Crippen molar-refractivity contribution in [3.05, 3.63) is 0 Å². The van der Waals surface area contributed by atoms with Crippen LogP contribution in [-0.2, 0) is 19.2 Å². The van der Waals surface area contributed by atoms with Gasteiger partial charge in [0.05, 0.1) is 0 Å². The Labute approximate surface area is 220 Å². The first-order chi connectivity index (χ1) is 16.6. The van der Waals surface area contributed by atoms with Gasteiger partial charge in [-0.3, -0.25) is 24.1 Å². The van der Waals surface area contributed by atoms with Crippen LogP contribution in [0.25, 0.3) is 0 Å². The smallest absolute Gasteiger partial charge is 0.222 e. The molecule has 4 N–H and O–H groups in total. The van der Waals surface area contributed by atoms with Crippen molar-refractivity contribution in [2.45, 2.75) is 87.3 Å². The highest BCUT2D eigenvalue weighted by molar-refractivity contribution is 6.13. The van der Waals surface area contributed by atoms with E-state index in [9.17, 15) is 19.2 Å². The van der Waals surface area contributed by atoms with Gasteiger partial charge in [-0.05, 0) is 12.8 Å². The van der Waals surface area contributed by atoms with Gasteiger partial charge in [0, 0.05) is 67.9 Å². The largest absolute Gasteiger partial charge is 0.360 e. The Morgan fingerprint density at radius 2 is 1.08 bits per heavy atom. The zero-order valence-electron chi connectivity index (χ0n) is 24.5. The Morgan fingerprint density at radius 1 is 0.639 bits per heavy atom. The van der Waals surface area contributed by atoms with E-state index in [0.717, 1.165) is 0 Å². The second kappa shape index (κ2) is 16.6. The fourth-order valence-electron chi connectivity index (χ4n) is 3.48. The van der Waals surface area contributed by atoms with Crippen molar-refractivity contribution in [3.8, 4) is 0 Å². The number of nitrogens with one attached hydrogen (secondary N) is 4. The minimum atomic E-state index is -0.240. The summed E-state index contributed by atoms with van der Waals surface area (Å²) >= 11 is 0. The number of carbonyl (C=O) groups excluding carboxylic acids is 4. The summed E-state index contributed by atoms with van der Waals surface area (Å²) in [6, 6.07) is -0.394. The Kier molecular flexibility index (Phi) is 15.6. The van der Waals surface area contributed by atoms with Crippen molar-refractivity contribution in [3.63, 3.8) is 0 Å². The van der Waals surface area contributed by atoms with Gasteiger partial charge in [0.25, 0.3) is 0 Å². The van der Waals surface area contributed by atoms with E-state index in [0.29, 0.717) is 26.2 Å². The van der Waals surface area contributed by atoms with E-state index in [1.54, 1.807) is 0 Å². The number of hydrogen-bond donors (Lipinski definition) is 4. The van der Waals surface area contributed by atoms with Crippen LogP contribution in [0.4, 0.5) is 0 Å². The van der Waals surface area contributed by atoms with Crippen molar-refractivity contribution in [1.82, 2.24) is 26.2 Å². The molecule has 0 rings (SSSR count). The van der Waals surface area contributed by atoms with Crippen LogP contribution in [0.5, 0.6) is 0 Å². The molecular weight excluding hydrogens is 457 g/mol. The number of nitrogens with zero attached hydrogens (tertiary/aromatic N) is 1. The number of carbonyl (C=O) groups is 4. The molecule has 0 fully saturated rings. The molecule has 9 nitrogen and oxygen atoms in total. The first-order valence-electron chi connectivity index (χ1n) is 13.5. The summed E-state index contributed by atoms with van der Waals surface area (Å²) in [6.07, 6.45) is 0. The monoisotopic (exact) mass is 509 g/mol. The Balaban J connectivity index is 5.70. The highest BCUT2D eigenvalue weighted by Crippen LogP contribution is 2.13. The van der Waals surface area contributed by atoms with E-state index < -0.39 is 0 Å². The van der Waals surface area contributed by atoms with E-state index >= 15 is 0 Å². The summed E-state index contributed by atoms with van der Waals surface area (Å²) < 4.78 is 0. The van der Waals surface area contributed by atoms with E-state index in [4.69, 9.17) is 0 Å². The highest BCUT2D eigenvalue weighted by atomic mass is 16.2. The summed E-state index contributed by atoms with van der Waals surface area (Å²) in [5.74, 6) is -0.805. The summed E-state index contributed by atoms with van der Waals surface area (Å²) in [5, 5.41) is 12.2. The third-order valence-corrected chi connectivity index (χ3v) is 6.32. The number of rotatable bonds is 16. The molecule has 0 radical (unpaired) electrons. The molecule has 0 aromatic rings. The van der Waals surface area contributed by atoms with Gasteiger partial charge in [-0.2, -0.15) is 0 Å². The minimum Gasteiger partial charge on any atom is -0.360 e. The summed E-state index contributed by atoms with van der Waals surface area (Å²) in [5.41, 5.74) is 0. The van der Waals surface area contributed by atoms with Gasteiger partial charge in [-0.1, -0.05) is 62.3 Å². The maximum absolute atomic E-state index is 12.7. The Hall–Kier alpha value is -2.10. The zero-order valence-corrected chi connectivity index (χ0v) is 24.5. The zero-order chi connectivity index (χ0) is 28.2. The van der Waals surface area contributed by atoms with E-state index in [2.05, 4.69) is 26.2 Å². The summed E-state index contributed by atoms with van der Waals surface area (Å²) in [4.78, 5) is 51.5. The van der Waals surface area contributed by atoms with Crippen molar-refractivity contribution >= 4 is 31.5 Å². The molecule has 36 heavy (non-hydrogen) atoms. The van der Waals surface area contributed by atoms with Gasteiger partial charge in [0.2, 0.25) is 23.6 Å². The fraction of sp³-hybridized carbons (Fsp3) is 0.846. The predicted molar refractivity (Wildman–Crippen MR) is 148 cm³/mol. The first-order valence-corrected chi connectivity index (χ1v) is 13.5. The van der Waals surface area contributed by atoms with Gasteiger partial charge in [0.15, 0.2) is 0 Å². The molecule has 0 spiro atoms. The highest BCUT2D eigenvalue weighted by Gasteiger charge is 2.29. The third kappa shape index (κ3) is 13.3. The van der Waals surface area contributed by atoms with Crippen LogP contribution in [0.15, 0.2) is 0 Å². The van der Waals surface area contributed by atoms with Crippen LogP contribution in [0.1, 0.15) is 69.2 Å². The second-order valence-electron chi connectivity index (χ2n) is 11.4. The quantitative estimate of drug-likeness (QED) is 0.229. The SMILES string of the molecule is BC(CN(CCNC(=O)C(C)C)CC(NC(=O)C(C)C)C(C)C(C)NC(=O)C(C)C)NC(=O)C(C)C. The van der Waals surface area contributed by atoms with Gasteiger partial charge in [0.1, 0.15) is 7.85 Å². The van der Waals surface area contributed by atoms with Crippen LogP contribution in [-0.4, -0.2) is 80.6 Å². The van der Waals surface area contributed by atoms with Crippen molar-refractivity contribution in [2.24, 2.45) is 29.6 Å². The molecule has 0 saturated carbocycles. The lowest BCUT2D eigenvalue weighted by atomic mass is 9.91. The molecule has 0 aromatic carbocycles. The topological polar surface area (TPSA) is 120 Å². The first kappa shape index (κ1) is 33.9. The molecule has 0 bridgehead atoms. The van der Waals surface area contributed by atoms with Crippen LogP contribution >= 0.6 is 0 Å². The average molecular weight is 510 g/mol. The lowest BCUT2D eigenvalue weighted by Crippen LogP contribution is -2.56. The van der Waals surface area contributed by atoms with Gasteiger partial charge < -0.3 is 21.3 Å². The lowest BCUT2D eigenvalue weighted by Gasteiger charge is -2.36. The third-order valence-electron chi connectivity index (χ3n) is 6.32. The molecule has 0 aliphatic heterocycles. The molecule has 0 aromatic heterocycles. The Morgan fingerprint density at radius 3 is 1.56 bits per heavy atom. The molecular formula is C26H52BN5O4. The molecule has 0 heterocycles. The molecule has 0 saturated heterocycles. The molecule has 0 aliphatic rings. The maximum atomic E-state index is 12.7. The molecule has 4 atom stereocenters. The Bertz CT molecular complexity index is 714. The average Bonchev–Trinajstić information content (AvgIpc) is 2.76. The maximum Gasteiger partial charge on any atom is 0.222 e. The number of hydrogen-bond acceptors (Lipinski definition) is 5. The fourth-order valence-corrected chi connectivity index (χ4v) is 3.48. The van der Waals surface area contributed by atoms with Crippen LogP contribution < -0.4 is 21.3 Å². The van der Waals surface area contributed by atoms with E-state index in [-0.39, 0.29) is 71.2 Å². The molecule has 0 aliphatic carbocycles. The van der Waals surface area contributed by atoms with Gasteiger partial charge >= 0.3 is 0 Å². The van der Waals surface area contributed by atoms with Crippen molar-refractivity contribution in [2.75, 3.05) is 26.2 Å². The van der Waals surface area contributed by atoms with Gasteiger partial charge in [-0.15, -0.1) is 0 Å². The molecule has 10 heteroatoms. The second-order valence-corrected chi connectivity index (χ2v) is 11.4. The van der Waals surface area contributed by atoms with Crippen LogP contribution in [0, 0.1) is 29.6 Å². The molecule has 4 unspecified atom stereocenters. The van der Waals surface area contributed by atoms with E-state index in [1.807, 2.05) is 77.1 Å². The van der Waals surface area contributed by atoms with Crippen molar-refractivity contribution in [1.29, 1.82) is 0 Å². The molecule has 208 valence electrons. The summed E-state index contributed by atoms with van der Waals surface area (Å²) in [6.45, 7) is 20.9. The van der Waals surface area contributed by atoms with Crippen LogP contribution in [0.3, 0.4) is 0 Å². The standard InChI is InChI=1S/C26H52BN5O4/c1-15(2)23(33)28-11-12-32(14-22(27)31-26(36)18(7)8)13-21(30-25(35)17(5)6)19(9)20(10)29-24(34)16(3)4/h15-22H,11-14,27H2,1-10H3,(H,28,33)(H,29,34)(H,30,35)(H,31,36). The normalized spacial score (nSPS) is 15.1. The predicted octanol–water partition coefficient (Wildman–Crippen LogP) is 0.730. The van der Waals surface area contributed by atoms with Crippen LogP contribution in [0.2, 0.25) is 0 Å². The summed E-state index contributed by atoms with van der Waals surface area (Å²) in [7, 11) is 1.95. The number of amides is 4. The van der Waals surface area contributed by atoms with Gasteiger partial charge in [-0.25, -0.2) is 0 Å². The minimum absolute atomic E-state index is 0.0147. The van der Waals surface area contributed by atoms with Crippen molar-refractivity contribution < 1.29 is 19.2 Å².